The van der Waals surface area contributed by atoms with Crippen LogP contribution in [0.1, 0.15) is 41.8 Å². The number of carbonyl (C=O) groups is 1. The normalized spacial score (nSPS) is 29.0. The summed E-state index contributed by atoms with van der Waals surface area (Å²) in [5.74, 6) is 3.15. The van der Waals surface area contributed by atoms with Crippen LogP contribution in [0.15, 0.2) is 48.8 Å². The summed E-state index contributed by atoms with van der Waals surface area (Å²) >= 11 is 0. The third-order valence-electron chi connectivity index (χ3n) is 8.69. The van der Waals surface area contributed by atoms with E-state index < -0.39 is 41.1 Å². The summed E-state index contributed by atoms with van der Waals surface area (Å²) in [5.41, 5.74) is 0.689. The number of nitrogens with one attached hydrogen (secondary N) is 2. The molecule has 3 fully saturated rings. The number of aromatic nitrogens is 4. The topological polar surface area (TPSA) is 125 Å². The van der Waals surface area contributed by atoms with Gasteiger partial charge in [0.15, 0.2) is 28.6 Å². The largest absolute Gasteiger partial charge is 0.389 e. The van der Waals surface area contributed by atoms with Crippen molar-refractivity contribution in [3.63, 3.8) is 0 Å². The molecule has 7 atom stereocenters. The van der Waals surface area contributed by atoms with Crippen molar-refractivity contribution in [2.75, 3.05) is 12.4 Å². The second kappa shape index (κ2) is 9.54. The SMILES string of the molecule is CNC(=O)[C@]12C[C@@H]1[C@@H](n1cnc3c(N[C@@H]4C[C@H]4c4ccc(F)c(F)c4)nc(C#Cc4cccc(F)c4)nc31)[C@H](O)[C@@H]2O. The second-order valence-electron chi connectivity index (χ2n) is 11.1. The van der Waals surface area contributed by atoms with Crippen LogP contribution in [0, 0.1) is 40.6 Å². The predicted molar refractivity (Wildman–Crippen MR) is 144 cm³/mol. The molecule has 214 valence electrons. The van der Waals surface area contributed by atoms with Gasteiger partial charge in [0.2, 0.25) is 11.7 Å². The highest BCUT2D eigenvalue weighted by Crippen LogP contribution is 2.67. The quantitative estimate of drug-likeness (QED) is 0.270. The van der Waals surface area contributed by atoms with Crippen molar-refractivity contribution in [3.8, 4) is 11.8 Å². The summed E-state index contributed by atoms with van der Waals surface area (Å²) in [7, 11) is 1.49. The number of hydrogen-bond donors (Lipinski definition) is 4. The van der Waals surface area contributed by atoms with Crippen LogP contribution in [0.3, 0.4) is 0 Å². The molecule has 0 aliphatic heterocycles. The van der Waals surface area contributed by atoms with Crippen molar-refractivity contribution in [3.05, 3.63) is 83.2 Å². The zero-order valence-corrected chi connectivity index (χ0v) is 22.2. The first-order valence-electron chi connectivity index (χ1n) is 13.5. The molecule has 0 radical (unpaired) electrons. The average molecular weight is 575 g/mol. The van der Waals surface area contributed by atoms with Crippen molar-refractivity contribution in [1.29, 1.82) is 0 Å². The lowest BCUT2D eigenvalue weighted by atomic mass is 9.98. The Balaban J connectivity index is 1.27. The van der Waals surface area contributed by atoms with Crippen LogP contribution in [-0.4, -0.2) is 60.9 Å². The molecule has 1 amide bonds. The molecule has 0 unspecified atom stereocenters. The van der Waals surface area contributed by atoms with Crippen molar-refractivity contribution < 1.29 is 28.2 Å². The zero-order chi connectivity index (χ0) is 29.3. The van der Waals surface area contributed by atoms with Gasteiger partial charge in [-0.15, -0.1) is 0 Å². The van der Waals surface area contributed by atoms with E-state index in [1.54, 1.807) is 16.7 Å². The molecule has 3 aliphatic carbocycles. The Labute approximate surface area is 237 Å². The fraction of sp³-hybridized carbons (Fsp3) is 0.333. The van der Waals surface area contributed by atoms with E-state index in [2.05, 4.69) is 37.4 Å². The number of hydrogen-bond acceptors (Lipinski definition) is 7. The fourth-order valence-corrected chi connectivity index (χ4v) is 6.41. The summed E-state index contributed by atoms with van der Waals surface area (Å²) < 4.78 is 42.7. The van der Waals surface area contributed by atoms with Crippen LogP contribution >= 0.6 is 0 Å². The Morgan fingerprint density at radius 2 is 1.93 bits per heavy atom. The Bertz CT molecular complexity index is 1820. The van der Waals surface area contributed by atoms with Gasteiger partial charge in [-0.3, -0.25) is 4.79 Å². The monoisotopic (exact) mass is 574 g/mol. The summed E-state index contributed by atoms with van der Waals surface area (Å²) in [5, 5.41) is 27.8. The van der Waals surface area contributed by atoms with Gasteiger partial charge in [0.25, 0.3) is 0 Å². The van der Waals surface area contributed by atoms with E-state index >= 15 is 0 Å². The van der Waals surface area contributed by atoms with Crippen LogP contribution in [-0.2, 0) is 4.79 Å². The first kappa shape index (κ1) is 26.4. The number of halogens is 3. The van der Waals surface area contributed by atoms with E-state index in [4.69, 9.17) is 0 Å². The molecule has 0 bridgehead atoms. The van der Waals surface area contributed by atoms with E-state index in [0.29, 0.717) is 41.0 Å². The van der Waals surface area contributed by atoms with Crippen LogP contribution < -0.4 is 10.6 Å². The lowest BCUT2D eigenvalue weighted by Gasteiger charge is -2.23. The van der Waals surface area contributed by atoms with Gasteiger partial charge in [-0.25, -0.2) is 28.1 Å². The van der Waals surface area contributed by atoms with Crippen LogP contribution in [0.5, 0.6) is 0 Å². The van der Waals surface area contributed by atoms with Gasteiger partial charge in [-0.05, 0) is 54.7 Å². The van der Waals surface area contributed by atoms with E-state index in [1.165, 1.54) is 37.6 Å². The minimum atomic E-state index is -1.26. The molecule has 0 spiro atoms. The van der Waals surface area contributed by atoms with Gasteiger partial charge < -0.3 is 25.4 Å². The molecule has 12 heteroatoms. The summed E-state index contributed by atoms with van der Waals surface area (Å²) in [4.78, 5) is 26.3. The summed E-state index contributed by atoms with van der Waals surface area (Å²) in [6.45, 7) is 0. The van der Waals surface area contributed by atoms with Gasteiger partial charge in [-0.1, -0.05) is 18.1 Å². The zero-order valence-electron chi connectivity index (χ0n) is 22.2. The lowest BCUT2D eigenvalue weighted by molar-refractivity contribution is -0.132. The standard InChI is InChI=1S/C30H25F3N6O3/c1-34-29(42)30-12-18(30)24(25(40)26(30)41)39-13-35-23-27(36-21-11-17(21)15-6-7-19(32)20(33)10-15)37-22(38-28(23)39)8-5-14-3-2-4-16(31)9-14/h2-4,6-7,9-10,13,17-18,21,24-26,40-41H,11-12H2,1H3,(H,34,42)(H,36,37,38)/t17-,18+,21+,24+,25-,26-,30+/m0/s1. The number of carbonyl (C=O) groups excluding carboxylic acids is 1. The molecule has 4 N–H and O–H groups in total. The highest BCUT2D eigenvalue weighted by atomic mass is 19.2. The number of imidazole rings is 1. The molecule has 42 heavy (non-hydrogen) atoms. The number of rotatable bonds is 5. The molecule has 3 saturated carbocycles. The Hall–Kier alpha value is -4.47. The Morgan fingerprint density at radius 1 is 1.10 bits per heavy atom. The molecule has 2 heterocycles. The van der Waals surface area contributed by atoms with E-state index in [1.807, 2.05) is 0 Å². The number of benzene rings is 2. The van der Waals surface area contributed by atoms with Gasteiger partial charge in [0.1, 0.15) is 11.9 Å². The number of aliphatic hydroxyl groups is 2. The fourth-order valence-electron chi connectivity index (χ4n) is 6.41. The Kier molecular flexibility index (Phi) is 6.00. The molecule has 9 nitrogen and oxygen atoms in total. The molecular weight excluding hydrogens is 549 g/mol. The van der Waals surface area contributed by atoms with Gasteiger partial charge >= 0.3 is 0 Å². The number of fused-ring (bicyclic) bond motifs is 2. The van der Waals surface area contributed by atoms with Gasteiger partial charge in [0, 0.05) is 30.5 Å². The third kappa shape index (κ3) is 4.11. The second-order valence-corrected chi connectivity index (χ2v) is 11.1. The lowest BCUT2D eigenvalue weighted by Crippen LogP contribution is -2.41. The summed E-state index contributed by atoms with van der Waals surface area (Å²) in [6, 6.07) is 8.79. The molecule has 2 aromatic heterocycles. The molecule has 7 rings (SSSR count). The van der Waals surface area contributed by atoms with E-state index in [9.17, 15) is 28.2 Å². The first-order valence-corrected chi connectivity index (χ1v) is 13.5. The molecule has 3 aliphatic rings. The van der Waals surface area contributed by atoms with Crippen molar-refractivity contribution in [2.45, 2.75) is 43.1 Å². The number of anilines is 1. The maximum atomic E-state index is 13.8. The van der Waals surface area contributed by atoms with Crippen molar-refractivity contribution in [1.82, 2.24) is 24.8 Å². The van der Waals surface area contributed by atoms with Crippen molar-refractivity contribution in [2.24, 2.45) is 11.3 Å². The number of amides is 1. The summed E-state index contributed by atoms with van der Waals surface area (Å²) in [6.07, 6.45) is 0.0294. The highest BCUT2D eigenvalue weighted by molar-refractivity contribution is 5.88. The van der Waals surface area contributed by atoms with Crippen LogP contribution in [0.4, 0.5) is 19.0 Å². The van der Waals surface area contributed by atoms with Crippen molar-refractivity contribution >= 4 is 22.9 Å². The van der Waals surface area contributed by atoms with Gasteiger partial charge in [0.05, 0.1) is 23.9 Å². The molecule has 2 aromatic carbocycles. The van der Waals surface area contributed by atoms with Gasteiger partial charge in [-0.2, -0.15) is 0 Å². The maximum Gasteiger partial charge on any atom is 0.229 e. The molecule has 0 saturated heterocycles. The maximum absolute atomic E-state index is 13.8. The van der Waals surface area contributed by atoms with Crippen LogP contribution in [0.25, 0.3) is 11.2 Å². The number of nitrogens with zero attached hydrogens (tertiary/aromatic N) is 4. The third-order valence-corrected chi connectivity index (χ3v) is 8.69. The molecular formula is C30H25F3N6O3. The minimum absolute atomic E-state index is 0.0829. The molecule has 4 aromatic rings. The highest BCUT2D eigenvalue weighted by Gasteiger charge is 2.75. The average Bonchev–Trinajstić information content (AvgIpc) is 3.86. The van der Waals surface area contributed by atoms with E-state index in [0.717, 1.165) is 6.07 Å². The smallest absolute Gasteiger partial charge is 0.229 e. The number of aliphatic hydroxyl groups excluding tert-OH is 2. The first-order chi connectivity index (χ1) is 20.2. The minimum Gasteiger partial charge on any atom is -0.389 e. The van der Waals surface area contributed by atoms with E-state index in [-0.39, 0.29) is 29.6 Å². The predicted octanol–water partition coefficient (Wildman–Crippen LogP) is 2.64. The Morgan fingerprint density at radius 3 is 2.69 bits per heavy atom. The van der Waals surface area contributed by atoms with Crippen LogP contribution in [0.2, 0.25) is 0 Å².